The van der Waals surface area contributed by atoms with Crippen molar-refractivity contribution in [3.05, 3.63) is 70.8 Å². The summed E-state index contributed by atoms with van der Waals surface area (Å²) in [6.07, 6.45) is 3.12. The van der Waals surface area contributed by atoms with E-state index in [1.165, 1.54) is 17.9 Å². The Morgan fingerprint density at radius 3 is 2.48 bits per heavy atom. The molecule has 0 spiro atoms. The molecule has 0 fully saturated rings. The van der Waals surface area contributed by atoms with Crippen LogP contribution in [0.4, 0.5) is 0 Å². The van der Waals surface area contributed by atoms with Gasteiger partial charge in [-0.1, -0.05) is 23.8 Å². The second kappa shape index (κ2) is 5.29. The van der Waals surface area contributed by atoms with Gasteiger partial charge in [0.05, 0.1) is 16.6 Å². The number of fused-ring (bicyclic) bond motifs is 3. The lowest BCUT2D eigenvalue weighted by atomic mass is 10.2. The molecule has 25 heavy (non-hydrogen) atoms. The molecule has 0 saturated heterocycles. The summed E-state index contributed by atoms with van der Waals surface area (Å²) in [7, 11) is -2.26. The van der Waals surface area contributed by atoms with Gasteiger partial charge >= 0.3 is 0 Å². The molecule has 0 aliphatic rings. The molecule has 0 aliphatic carbocycles. The minimum Gasteiger partial charge on any atom is -0.310 e. The summed E-state index contributed by atoms with van der Waals surface area (Å²) in [4.78, 5) is 12.8. The first kappa shape index (κ1) is 15.6. The highest BCUT2D eigenvalue weighted by Gasteiger charge is 2.27. The van der Waals surface area contributed by atoms with Crippen molar-refractivity contribution in [2.24, 2.45) is 7.05 Å². The highest BCUT2D eigenvalue weighted by Crippen LogP contribution is 2.32. The summed E-state index contributed by atoms with van der Waals surface area (Å²) in [5, 5.41) is 4.34. The Bertz CT molecular complexity index is 1280. The number of nitrogens with zero attached hydrogens (tertiary/aromatic N) is 3. The van der Waals surface area contributed by atoms with Crippen LogP contribution in [-0.4, -0.2) is 22.6 Å². The Balaban J connectivity index is 2.19. The molecule has 0 atom stereocenters. The van der Waals surface area contributed by atoms with E-state index < -0.39 is 9.84 Å². The normalized spacial score (nSPS) is 12.1. The summed E-state index contributed by atoms with van der Waals surface area (Å²) >= 11 is 0. The molecule has 0 amide bonds. The number of aromatic nitrogens is 3. The van der Waals surface area contributed by atoms with Crippen molar-refractivity contribution in [3.8, 4) is 0 Å². The first-order chi connectivity index (χ1) is 11.9. The van der Waals surface area contributed by atoms with Crippen LogP contribution in [0, 0.1) is 6.92 Å². The van der Waals surface area contributed by atoms with Crippen molar-refractivity contribution >= 4 is 26.3 Å². The minimum absolute atomic E-state index is 0.108. The van der Waals surface area contributed by atoms with E-state index in [1.54, 1.807) is 53.1 Å². The van der Waals surface area contributed by atoms with Gasteiger partial charge < -0.3 is 4.40 Å². The van der Waals surface area contributed by atoms with Crippen LogP contribution in [0.1, 0.15) is 5.56 Å². The molecule has 1 aromatic carbocycles. The SMILES string of the molecule is Cc1ccc(S(=O)(=O)c2c3cnn(C)c(=O)c3n3ccccc23)cc1. The third-order valence-corrected chi connectivity index (χ3v) is 6.15. The van der Waals surface area contributed by atoms with Gasteiger partial charge in [0.2, 0.25) is 9.84 Å². The van der Waals surface area contributed by atoms with E-state index in [9.17, 15) is 13.2 Å². The summed E-state index contributed by atoms with van der Waals surface area (Å²) in [5.41, 5.74) is 1.40. The molecule has 7 heteroatoms. The van der Waals surface area contributed by atoms with Gasteiger partial charge in [0.25, 0.3) is 5.56 Å². The smallest absolute Gasteiger partial charge is 0.291 e. The molecule has 3 aromatic heterocycles. The summed E-state index contributed by atoms with van der Waals surface area (Å²) in [6.45, 7) is 1.90. The predicted molar refractivity (Wildman–Crippen MR) is 94.6 cm³/mol. The molecular formula is C18H15N3O3S. The number of hydrogen-bond acceptors (Lipinski definition) is 4. The number of aryl methyl sites for hydroxylation is 2. The van der Waals surface area contributed by atoms with Gasteiger partial charge in [-0.3, -0.25) is 4.79 Å². The monoisotopic (exact) mass is 353 g/mol. The molecule has 0 unspecified atom stereocenters. The summed E-state index contributed by atoms with van der Waals surface area (Å²) in [5.74, 6) is 0. The van der Waals surface area contributed by atoms with Crippen molar-refractivity contribution in [2.45, 2.75) is 16.7 Å². The average Bonchev–Trinajstić information content (AvgIpc) is 2.94. The molecule has 4 aromatic rings. The first-order valence-corrected chi connectivity index (χ1v) is 9.16. The number of hydrogen-bond donors (Lipinski definition) is 0. The quantitative estimate of drug-likeness (QED) is 0.554. The molecular weight excluding hydrogens is 338 g/mol. The molecule has 6 nitrogen and oxygen atoms in total. The van der Waals surface area contributed by atoms with Crippen LogP contribution in [0.3, 0.4) is 0 Å². The van der Waals surface area contributed by atoms with Gasteiger partial charge in [-0.2, -0.15) is 5.10 Å². The molecule has 3 heterocycles. The van der Waals surface area contributed by atoms with Crippen LogP contribution in [0.5, 0.6) is 0 Å². The number of rotatable bonds is 2. The van der Waals surface area contributed by atoms with E-state index in [-0.39, 0.29) is 15.4 Å². The molecule has 0 saturated carbocycles. The van der Waals surface area contributed by atoms with Crippen molar-refractivity contribution in [1.82, 2.24) is 14.2 Å². The van der Waals surface area contributed by atoms with Crippen LogP contribution in [-0.2, 0) is 16.9 Å². The minimum atomic E-state index is -3.80. The van der Waals surface area contributed by atoms with E-state index in [0.29, 0.717) is 16.4 Å². The van der Waals surface area contributed by atoms with Crippen molar-refractivity contribution < 1.29 is 8.42 Å². The van der Waals surface area contributed by atoms with Crippen molar-refractivity contribution in [3.63, 3.8) is 0 Å². The fourth-order valence-electron chi connectivity index (χ4n) is 3.00. The van der Waals surface area contributed by atoms with E-state index in [2.05, 4.69) is 5.10 Å². The van der Waals surface area contributed by atoms with E-state index in [1.807, 2.05) is 6.92 Å². The lowest BCUT2D eigenvalue weighted by Gasteiger charge is -2.05. The number of sulfone groups is 1. The highest BCUT2D eigenvalue weighted by molar-refractivity contribution is 7.92. The topological polar surface area (TPSA) is 73.4 Å². The highest BCUT2D eigenvalue weighted by atomic mass is 32.2. The third-order valence-electron chi connectivity index (χ3n) is 4.29. The standard InChI is InChI=1S/C18H15N3O3S/c1-12-6-8-13(9-7-12)25(23,24)17-14-11-19-20(2)18(22)16(14)21-10-4-3-5-15(17)21/h3-11H,1-2H3. The van der Waals surface area contributed by atoms with E-state index in [4.69, 9.17) is 0 Å². The van der Waals surface area contributed by atoms with Gasteiger partial charge in [-0.25, -0.2) is 13.1 Å². The Kier molecular flexibility index (Phi) is 3.30. The van der Waals surface area contributed by atoms with Gasteiger partial charge in [-0.05, 0) is 31.2 Å². The molecule has 126 valence electrons. The van der Waals surface area contributed by atoms with Gasteiger partial charge in [0, 0.05) is 18.6 Å². The van der Waals surface area contributed by atoms with Gasteiger partial charge in [-0.15, -0.1) is 0 Å². The Morgan fingerprint density at radius 1 is 1.04 bits per heavy atom. The van der Waals surface area contributed by atoms with Crippen LogP contribution < -0.4 is 5.56 Å². The molecule has 0 bridgehead atoms. The fraction of sp³-hybridized carbons (Fsp3) is 0.111. The van der Waals surface area contributed by atoms with Crippen LogP contribution in [0.25, 0.3) is 16.4 Å². The maximum absolute atomic E-state index is 13.3. The number of pyridine rings is 1. The maximum Gasteiger partial charge on any atom is 0.291 e. The fourth-order valence-corrected chi connectivity index (χ4v) is 4.61. The molecule has 0 N–H and O–H groups in total. The molecule has 0 aliphatic heterocycles. The maximum atomic E-state index is 13.3. The van der Waals surface area contributed by atoms with Crippen LogP contribution in [0.15, 0.2) is 69.4 Å². The summed E-state index contributed by atoms with van der Waals surface area (Å²) < 4.78 is 29.4. The van der Waals surface area contributed by atoms with E-state index in [0.717, 1.165) is 5.56 Å². The van der Waals surface area contributed by atoms with Crippen LogP contribution in [0.2, 0.25) is 0 Å². The zero-order chi connectivity index (χ0) is 17.8. The lowest BCUT2D eigenvalue weighted by molar-refractivity contribution is 0.597. The zero-order valence-electron chi connectivity index (χ0n) is 13.7. The van der Waals surface area contributed by atoms with E-state index >= 15 is 0 Å². The second-order valence-electron chi connectivity index (χ2n) is 5.94. The second-order valence-corrected chi connectivity index (χ2v) is 7.82. The van der Waals surface area contributed by atoms with Gasteiger partial charge in [0.15, 0.2) is 0 Å². The number of benzene rings is 1. The Hall–Kier alpha value is -2.93. The average molecular weight is 353 g/mol. The molecule has 0 radical (unpaired) electrons. The lowest BCUT2D eigenvalue weighted by Crippen LogP contribution is -2.20. The Labute approximate surface area is 143 Å². The predicted octanol–water partition coefficient (Wildman–Crippen LogP) is 2.33. The van der Waals surface area contributed by atoms with Crippen LogP contribution >= 0.6 is 0 Å². The first-order valence-electron chi connectivity index (χ1n) is 7.68. The third kappa shape index (κ3) is 2.20. The molecule has 4 rings (SSSR count). The zero-order valence-corrected chi connectivity index (χ0v) is 14.5. The van der Waals surface area contributed by atoms with Crippen molar-refractivity contribution in [1.29, 1.82) is 0 Å². The summed E-state index contributed by atoms with van der Waals surface area (Å²) in [6, 6.07) is 11.9. The van der Waals surface area contributed by atoms with Crippen molar-refractivity contribution in [2.75, 3.05) is 0 Å². The van der Waals surface area contributed by atoms with Gasteiger partial charge in [0.1, 0.15) is 10.4 Å². The largest absolute Gasteiger partial charge is 0.310 e. The Morgan fingerprint density at radius 2 is 1.76 bits per heavy atom.